The number of amides is 2. The molecule has 1 saturated carbocycles. The van der Waals surface area contributed by atoms with Crippen molar-refractivity contribution in [1.29, 1.82) is 0 Å². The number of likely N-dealkylation sites (tertiary alicyclic amines) is 1. The Labute approximate surface area is 158 Å². The van der Waals surface area contributed by atoms with Crippen LogP contribution in [0, 0.1) is 12.3 Å². The van der Waals surface area contributed by atoms with Crippen LogP contribution < -0.4 is 5.32 Å². The quantitative estimate of drug-likeness (QED) is 0.881. The molecule has 1 aliphatic carbocycles. The van der Waals surface area contributed by atoms with Gasteiger partial charge in [-0.1, -0.05) is 41.9 Å². The highest BCUT2D eigenvalue weighted by Gasteiger charge is 2.50. The van der Waals surface area contributed by atoms with Crippen molar-refractivity contribution < 1.29 is 14.1 Å². The molecule has 2 aliphatic rings. The molecule has 6 heteroatoms. The van der Waals surface area contributed by atoms with Crippen molar-refractivity contribution in [2.24, 2.45) is 5.41 Å². The minimum absolute atomic E-state index is 0.0482. The molecule has 1 aromatic heterocycles. The highest BCUT2D eigenvalue weighted by atomic mass is 16.5. The topological polar surface area (TPSA) is 75.4 Å². The van der Waals surface area contributed by atoms with Gasteiger partial charge in [0.2, 0.25) is 11.7 Å². The summed E-state index contributed by atoms with van der Waals surface area (Å²) in [5, 5.41) is 6.81. The number of carbonyl (C=O) groups excluding carboxylic acids is 2. The lowest BCUT2D eigenvalue weighted by molar-refractivity contribution is -0.142. The molecule has 0 radical (unpaired) electrons. The van der Waals surface area contributed by atoms with E-state index in [0.29, 0.717) is 25.2 Å². The maximum absolute atomic E-state index is 12.7. The fourth-order valence-corrected chi connectivity index (χ4v) is 4.66. The Balaban J connectivity index is 1.49. The predicted molar refractivity (Wildman–Crippen MR) is 99.9 cm³/mol. The fourth-order valence-electron chi connectivity index (χ4n) is 4.66. The summed E-state index contributed by atoms with van der Waals surface area (Å²) in [6.07, 6.45) is 4.49. The first-order valence-electron chi connectivity index (χ1n) is 9.62. The molecule has 27 heavy (non-hydrogen) atoms. The van der Waals surface area contributed by atoms with E-state index >= 15 is 0 Å². The number of fused-ring (bicyclic) bond motifs is 1. The third-order valence-corrected chi connectivity index (χ3v) is 6.04. The lowest BCUT2D eigenvalue weighted by Gasteiger charge is -2.46. The van der Waals surface area contributed by atoms with E-state index in [2.05, 4.69) is 22.6 Å². The van der Waals surface area contributed by atoms with Crippen LogP contribution in [0.3, 0.4) is 0 Å². The lowest BCUT2D eigenvalue weighted by Crippen LogP contribution is -2.55. The molecular weight excluding hydrogens is 342 g/mol. The molecule has 0 unspecified atom stereocenters. The second-order valence-corrected chi connectivity index (χ2v) is 7.79. The smallest absolute Gasteiger partial charge is 0.289 e. The standard InChI is InChI=1S/C21H25N3O3/c1-15-12-17(27-23-15)20(26)22-14-21-10-5-8-18(21)24(19(25)9-11-21)13-16-6-3-2-4-7-16/h2-4,6-7,12,18H,5,8-11,13-14H2,1H3,(H,22,26)/t18-,21+/m1/s1. The summed E-state index contributed by atoms with van der Waals surface area (Å²) in [6.45, 7) is 3.00. The van der Waals surface area contributed by atoms with Gasteiger partial charge in [0, 0.05) is 37.0 Å². The normalized spacial score (nSPS) is 24.7. The number of hydrogen-bond donors (Lipinski definition) is 1. The summed E-state index contributed by atoms with van der Waals surface area (Å²) in [6, 6.07) is 11.9. The molecular formula is C21H25N3O3. The van der Waals surface area contributed by atoms with Crippen molar-refractivity contribution in [3.05, 3.63) is 53.4 Å². The minimum atomic E-state index is -0.234. The van der Waals surface area contributed by atoms with E-state index in [1.54, 1.807) is 13.0 Å². The first kappa shape index (κ1) is 17.8. The van der Waals surface area contributed by atoms with Gasteiger partial charge in [0.25, 0.3) is 5.91 Å². The first-order valence-corrected chi connectivity index (χ1v) is 9.62. The maximum atomic E-state index is 12.7. The molecule has 142 valence electrons. The highest BCUT2D eigenvalue weighted by molar-refractivity contribution is 5.91. The van der Waals surface area contributed by atoms with Crippen molar-refractivity contribution in [2.45, 2.75) is 51.6 Å². The summed E-state index contributed by atoms with van der Waals surface area (Å²) in [7, 11) is 0. The van der Waals surface area contributed by atoms with Gasteiger partial charge in [-0.3, -0.25) is 9.59 Å². The zero-order valence-electron chi connectivity index (χ0n) is 15.6. The van der Waals surface area contributed by atoms with Gasteiger partial charge in [-0.05, 0) is 31.7 Å². The van der Waals surface area contributed by atoms with Crippen molar-refractivity contribution in [1.82, 2.24) is 15.4 Å². The monoisotopic (exact) mass is 367 g/mol. The SMILES string of the molecule is Cc1cc(C(=O)NC[C@@]23CCC[C@H]2N(Cc2ccccc2)C(=O)CC3)on1. The van der Waals surface area contributed by atoms with Gasteiger partial charge in [0.15, 0.2) is 0 Å². The number of aromatic nitrogens is 1. The van der Waals surface area contributed by atoms with Crippen molar-refractivity contribution in [2.75, 3.05) is 6.54 Å². The highest BCUT2D eigenvalue weighted by Crippen LogP contribution is 2.48. The molecule has 0 spiro atoms. The van der Waals surface area contributed by atoms with Crippen LogP contribution in [0.25, 0.3) is 0 Å². The molecule has 4 rings (SSSR count). The molecule has 2 fully saturated rings. The van der Waals surface area contributed by atoms with E-state index in [1.807, 2.05) is 23.1 Å². The molecule has 1 aromatic carbocycles. The van der Waals surface area contributed by atoms with E-state index in [9.17, 15) is 9.59 Å². The van der Waals surface area contributed by atoms with Crippen LogP contribution in [0.4, 0.5) is 0 Å². The third-order valence-electron chi connectivity index (χ3n) is 6.04. The molecule has 6 nitrogen and oxygen atoms in total. The largest absolute Gasteiger partial charge is 0.351 e. The summed E-state index contributed by atoms with van der Waals surface area (Å²) in [5.41, 5.74) is 1.79. The summed E-state index contributed by atoms with van der Waals surface area (Å²) in [5.74, 6) is 0.229. The molecule has 2 heterocycles. The van der Waals surface area contributed by atoms with Gasteiger partial charge in [0.05, 0.1) is 5.69 Å². The summed E-state index contributed by atoms with van der Waals surface area (Å²) in [4.78, 5) is 27.1. The van der Waals surface area contributed by atoms with E-state index in [1.165, 1.54) is 0 Å². The molecule has 2 amide bonds. The Bertz CT molecular complexity index is 832. The number of piperidine rings is 1. The van der Waals surface area contributed by atoms with Gasteiger partial charge in [-0.2, -0.15) is 0 Å². The Kier molecular flexibility index (Phi) is 4.72. The third kappa shape index (κ3) is 3.48. The average Bonchev–Trinajstić information content (AvgIpc) is 3.30. The second kappa shape index (κ2) is 7.18. The van der Waals surface area contributed by atoms with Crippen molar-refractivity contribution in [3.8, 4) is 0 Å². The van der Waals surface area contributed by atoms with Crippen LogP contribution in [0.2, 0.25) is 0 Å². The Morgan fingerprint density at radius 1 is 1.33 bits per heavy atom. The minimum Gasteiger partial charge on any atom is -0.351 e. The van der Waals surface area contributed by atoms with E-state index in [0.717, 1.165) is 31.2 Å². The maximum Gasteiger partial charge on any atom is 0.289 e. The second-order valence-electron chi connectivity index (χ2n) is 7.79. The van der Waals surface area contributed by atoms with E-state index < -0.39 is 0 Å². The number of aryl methyl sites for hydroxylation is 1. The Morgan fingerprint density at radius 3 is 2.89 bits per heavy atom. The number of hydrogen-bond acceptors (Lipinski definition) is 4. The van der Waals surface area contributed by atoms with Gasteiger partial charge in [-0.15, -0.1) is 0 Å². The molecule has 2 aromatic rings. The van der Waals surface area contributed by atoms with Crippen molar-refractivity contribution >= 4 is 11.8 Å². The fraction of sp³-hybridized carbons (Fsp3) is 0.476. The van der Waals surface area contributed by atoms with Crippen LogP contribution in [-0.4, -0.2) is 34.5 Å². The Morgan fingerprint density at radius 2 is 2.15 bits per heavy atom. The van der Waals surface area contributed by atoms with Crippen LogP contribution >= 0.6 is 0 Å². The zero-order chi connectivity index (χ0) is 18.9. The van der Waals surface area contributed by atoms with E-state index in [4.69, 9.17) is 4.52 Å². The number of benzene rings is 1. The van der Waals surface area contributed by atoms with Crippen LogP contribution in [-0.2, 0) is 11.3 Å². The molecule has 2 atom stereocenters. The number of rotatable bonds is 5. The first-order chi connectivity index (χ1) is 13.1. The average molecular weight is 367 g/mol. The number of carbonyl (C=O) groups is 2. The van der Waals surface area contributed by atoms with Gasteiger partial charge < -0.3 is 14.7 Å². The molecule has 1 aliphatic heterocycles. The molecule has 1 saturated heterocycles. The van der Waals surface area contributed by atoms with Gasteiger partial charge >= 0.3 is 0 Å². The Hall–Kier alpha value is -2.63. The van der Waals surface area contributed by atoms with Crippen LogP contribution in [0.5, 0.6) is 0 Å². The zero-order valence-corrected chi connectivity index (χ0v) is 15.6. The number of nitrogens with one attached hydrogen (secondary N) is 1. The molecule has 0 bridgehead atoms. The molecule has 1 N–H and O–H groups in total. The van der Waals surface area contributed by atoms with Gasteiger partial charge in [0.1, 0.15) is 0 Å². The lowest BCUT2D eigenvalue weighted by atomic mass is 9.74. The predicted octanol–water partition coefficient (Wildman–Crippen LogP) is 3.07. The van der Waals surface area contributed by atoms with Crippen molar-refractivity contribution in [3.63, 3.8) is 0 Å². The van der Waals surface area contributed by atoms with Crippen LogP contribution in [0.1, 0.15) is 53.9 Å². The van der Waals surface area contributed by atoms with Crippen LogP contribution in [0.15, 0.2) is 40.9 Å². The summed E-state index contributed by atoms with van der Waals surface area (Å²) < 4.78 is 5.07. The number of nitrogens with zero attached hydrogens (tertiary/aromatic N) is 2. The summed E-state index contributed by atoms with van der Waals surface area (Å²) >= 11 is 0. The van der Waals surface area contributed by atoms with E-state index in [-0.39, 0.29) is 29.0 Å². The van der Waals surface area contributed by atoms with Gasteiger partial charge in [-0.25, -0.2) is 0 Å².